The Morgan fingerprint density at radius 2 is 2.28 bits per heavy atom. The van der Waals surface area contributed by atoms with Gasteiger partial charge in [-0.05, 0) is 24.6 Å². The Morgan fingerprint density at radius 3 is 2.94 bits per heavy atom. The molecule has 0 heterocycles. The van der Waals surface area contributed by atoms with E-state index in [-0.39, 0.29) is 24.3 Å². The summed E-state index contributed by atoms with van der Waals surface area (Å²) in [5.41, 5.74) is 0.750. The SMILES string of the molecule is COCCNCC(=O)N[C@@H](C)c1cccc(F)c1. The Labute approximate surface area is 107 Å². The molecule has 0 aromatic heterocycles. The normalized spacial score (nSPS) is 12.2. The van der Waals surface area contributed by atoms with Crippen molar-refractivity contribution in [3.63, 3.8) is 0 Å². The van der Waals surface area contributed by atoms with Crippen molar-refractivity contribution < 1.29 is 13.9 Å². The van der Waals surface area contributed by atoms with Gasteiger partial charge in [-0.15, -0.1) is 0 Å². The zero-order valence-corrected chi connectivity index (χ0v) is 10.7. The molecule has 5 heteroatoms. The topological polar surface area (TPSA) is 50.4 Å². The zero-order valence-electron chi connectivity index (χ0n) is 10.7. The van der Waals surface area contributed by atoms with Gasteiger partial charge in [0.25, 0.3) is 0 Å². The minimum Gasteiger partial charge on any atom is -0.383 e. The molecule has 4 nitrogen and oxygen atoms in total. The van der Waals surface area contributed by atoms with E-state index in [2.05, 4.69) is 10.6 Å². The molecule has 0 aliphatic carbocycles. The van der Waals surface area contributed by atoms with Gasteiger partial charge in [0.05, 0.1) is 19.2 Å². The molecule has 1 rings (SSSR count). The number of amides is 1. The lowest BCUT2D eigenvalue weighted by atomic mass is 10.1. The number of hydrogen-bond donors (Lipinski definition) is 2. The predicted molar refractivity (Wildman–Crippen MR) is 67.7 cm³/mol. The first-order chi connectivity index (χ1) is 8.63. The van der Waals surface area contributed by atoms with Crippen LogP contribution in [-0.4, -0.2) is 32.7 Å². The molecule has 1 aromatic rings. The summed E-state index contributed by atoms with van der Waals surface area (Å²) in [6, 6.07) is 6.00. The Balaban J connectivity index is 2.35. The smallest absolute Gasteiger partial charge is 0.234 e. The molecular formula is C13H19FN2O2. The Bertz CT molecular complexity index is 385. The second-order valence-corrected chi connectivity index (χ2v) is 4.01. The number of rotatable bonds is 7. The molecule has 0 bridgehead atoms. The summed E-state index contributed by atoms with van der Waals surface area (Å²) in [4.78, 5) is 11.6. The van der Waals surface area contributed by atoms with Crippen LogP contribution >= 0.6 is 0 Å². The van der Waals surface area contributed by atoms with Crippen molar-refractivity contribution in [2.24, 2.45) is 0 Å². The van der Waals surface area contributed by atoms with Crippen LogP contribution in [0.25, 0.3) is 0 Å². The minimum atomic E-state index is -0.299. The van der Waals surface area contributed by atoms with Crippen molar-refractivity contribution >= 4 is 5.91 Å². The molecule has 0 aliphatic heterocycles. The Morgan fingerprint density at radius 1 is 1.50 bits per heavy atom. The first-order valence-corrected chi connectivity index (χ1v) is 5.88. The number of benzene rings is 1. The van der Waals surface area contributed by atoms with Crippen LogP contribution in [0.2, 0.25) is 0 Å². The number of hydrogen-bond acceptors (Lipinski definition) is 3. The van der Waals surface area contributed by atoms with E-state index < -0.39 is 0 Å². The third-order valence-corrected chi connectivity index (χ3v) is 2.49. The van der Waals surface area contributed by atoms with Gasteiger partial charge in [-0.25, -0.2) is 4.39 Å². The maximum atomic E-state index is 13.0. The van der Waals surface area contributed by atoms with Crippen LogP contribution in [-0.2, 0) is 9.53 Å². The lowest BCUT2D eigenvalue weighted by Gasteiger charge is -2.14. The maximum Gasteiger partial charge on any atom is 0.234 e. The van der Waals surface area contributed by atoms with Gasteiger partial charge in [0.1, 0.15) is 5.82 Å². The van der Waals surface area contributed by atoms with Crippen molar-refractivity contribution in [2.75, 3.05) is 26.8 Å². The molecule has 0 radical (unpaired) electrons. The van der Waals surface area contributed by atoms with Crippen molar-refractivity contribution in [1.29, 1.82) is 0 Å². The Hall–Kier alpha value is -1.46. The highest BCUT2D eigenvalue weighted by Crippen LogP contribution is 2.12. The van der Waals surface area contributed by atoms with Gasteiger partial charge in [0, 0.05) is 13.7 Å². The molecule has 1 aromatic carbocycles. The zero-order chi connectivity index (χ0) is 13.4. The van der Waals surface area contributed by atoms with Gasteiger partial charge in [-0.1, -0.05) is 12.1 Å². The van der Waals surface area contributed by atoms with Gasteiger partial charge in [-0.3, -0.25) is 4.79 Å². The van der Waals surface area contributed by atoms with Crippen molar-refractivity contribution in [2.45, 2.75) is 13.0 Å². The van der Waals surface area contributed by atoms with Crippen LogP contribution in [0.4, 0.5) is 4.39 Å². The first kappa shape index (κ1) is 14.6. The summed E-state index contributed by atoms with van der Waals surface area (Å²) >= 11 is 0. The third-order valence-electron chi connectivity index (χ3n) is 2.49. The summed E-state index contributed by atoms with van der Waals surface area (Å²) < 4.78 is 17.9. The van der Waals surface area contributed by atoms with E-state index >= 15 is 0 Å². The number of methoxy groups -OCH3 is 1. The average Bonchev–Trinajstić information content (AvgIpc) is 2.34. The highest BCUT2D eigenvalue weighted by Gasteiger charge is 2.09. The molecular weight excluding hydrogens is 235 g/mol. The van der Waals surface area contributed by atoms with Crippen LogP contribution in [0.3, 0.4) is 0 Å². The summed E-state index contributed by atoms with van der Waals surface area (Å²) in [5, 5.41) is 5.73. The van der Waals surface area contributed by atoms with Gasteiger partial charge >= 0.3 is 0 Å². The molecule has 0 fully saturated rings. The van der Waals surface area contributed by atoms with Gasteiger partial charge < -0.3 is 15.4 Å². The number of nitrogens with one attached hydrogen (secondary N) is 2. The van der Waals surface area contributed by atoms with E-state index in [0.717, 1.165) is 5.56 Å². The van der Waals surface area contributed by atoms with Crippen molar-refractivity contribution in [1.82, 2.24) is 10.6 Å². The standard InChI is InChI=1S/C13H19FN2O2/c1-10(11-4-3-5-12(14)8-11)16-13(17)9-15-6-7-18-2/h3-5,8,10,15H,6-7,9H2,1-2H3,(H,16,17)/t10-/m0/s1. The molecule has 0 spiro atoms. The van der Waals surface area contributed by atoms with Crippen LogP contribution in [0.1, 0.15) is 18.5 Å². The molecule has 1 atom stereocenters. The summed E-state index contributed by atoms with van der Waals surface area (Å²) in [5.74, 6) is -0.422. The Kier molecular flexibility index (Phi) is 6.32. The lowest BCUT2D eigenvalue weighted by molar-refractivity contribution is -0.120. The van der Waals surface area contributed by atoms with E-state index in [4.69, 9.17) is 4.74 Å². The molecule has 0 saturated carbocycles. The summed E-state index contributed by atoms with van der Waals surface area (Å²) in [6.07, 6.45) is 0. The van der Waals surface area contributed by atoms with E-state index in [9.17, 15) is 9.18 Å². The van der Waals surface area contributed by atoms with E-state index in [1.807, 2.05) is 6.92 Å². The minimum absolute atomic E-state index is 0.122. The first-order valence-electron chi connectivity index (χ1n) is 5.88. The summed E-state index contributed by atoms with van der Waals surface area (Å²) in [6.45, 7) is 3.23. The van der Waals surface area contributed by atoms with Gasteiger partial charge in [0.2, 0.25) is 5.91 Å². The van der Waals surface area contributed by atoms with Crippen molar-refractivity contribution in [3.05, 3.63) is 35.6 Å². The predicted octanol–water partition coefficient (Wildman–Crippen LogP) is 1.24. The molecule has 0 unspecified atom stereocenters. The average molecular weight is 254 g/mol. The quantitative estimate of drug-likeness (QED) is 0.720. The molecule has 2 N–H and O–H groups in total. The lowest BCUT2D eigenvalue weighted by Crippen LogP contribution is -2.36. The van der Waals surface area contributed by atoms with Crippen molar-refractivity contribution in [3.8, 4) is 0 Å². The fourth-order valence-electron chi connectivity index (χ4n) is 1.53. The molecule has 100 valence electrons. The summed E-state index contributed by atoms with van der Waals surface area (Å²) in [7, 11) is 1.60. The molecule has 0 saturated heterocycles. The number of carbonyl (C=O) groups excluding carboxylic acids is 1. The van der Waals surface area contributed by atoms with Gasteiger partial charge in [-0.2, -0.15) is 0 Å². The van der Waals surface area contributed by atoms with Crippen LogP contribution in [0.15, 0.2) is 24.3 Å². The third kappa shape index (κ3) is 5.25. The maximum absolute atomic E-state index is 13.0. The second-order valence-electron chi connectivity index (χ2n) is 4.01. The monoisotopic (exact) mass is 254 g/mol. The largest absolute Gasteiger partial charge is 0.383 e. The highest BCUT2D eigenvalue weighted by atomic mass is 19.1. The molecule has 18 heavy (non-hydrogen) atoms. The number of ether oxygens (including phenoxy) is 1. The molecule has 0 aliphatic rings. The fraction of sp³-hybridized carbons (Fsp3) is 0.462. The van der Waals surface area contributed by atoms with Crippen LogP contribution < -0.4 is 10.6 Å². The van der Waals surface area contributed by atoms with Crippen LogP contribution in [0.5, 0.6) is 0 Å². The second kappa shape index (κ2) is 7.79. The molecule has 1 amide bonds. The van der Waals surface area contributed by atoms with E-state index in [1.54, 1.807) is 19.2 Å². The number of halogens is 1. The van der Waals surface area contributed by atoms with E-state index in [1.165, 1.54) is 12.1 Å². The fourth-order valence-corrected chi connectivity index (χ4v) is 1.53. The van der Waals surface area contributed by atoms with Crippen LogP contribution in [0, 0.1) is 5.82 Å². The highest BCUT2D eigenvalue weighted by molar-refractivity contribution is 5.78. The number of carbonyl (C=O) groups is 1. The van der Waals surface area contributed by atoms with Gasteiger partial charge in [0.15, 0.2) is 0 Å². The van der Waals surface area contributed by atoms with E-state index in [0.29, 0.717) is 13.2 Å².